The molecule has 0 saturated carbocycles. The van der Waals surface area contributed by atoms with Crippen LogP contribution >= 0.6 is 0 Å². The Hall–Kier alpha value is -1.90. The second-order valence-corrected chi connectivity index (χ2v) is 6.28. The van der Waals surface area contributed by atoms with Gasteiger partial charge in [-0.25, -0.2) is 9.97 Å². The number of anilines is 1. The highest BCUT2D eigenvalue weighted by Crippen LogP contribution is 2.19. The third-order valence-electron chi connectivity index (χ3n) is 3.97. The summed E-state index contributed by atoms with van der Waals surface area (Å²) in [7, 11) is 0. The highest BCUT2D eigenvalue weighted by Gasteiger charge is 2.05. The van der Waals surface area contributed by atoms with Crippen LogP contribution in [-0.4, -0.2) is 16.5 Å². The summed E-state index contributed by atoms with van der Waals surface area (Å²) in [6.45, 7) is 7.36. The van der Waals surface area contributed by atoms with E-state index >= 15 is 0 Å². The van der Waals surface area contributed by atoms with Gasteiger partial charge in [-0.1, -0.05) is 62.8 Å². The van der Waals surface area contributed by atoms with Crippen molar-refractivity contribution < 1.29 is 0 Å². The van der Waals surface area contributed by atoms with Crippen molar-refractivity contribution in [2.24, 2.45) is 0 Å². The van der Waals surface area contributed by atoms with Crippen LogP contribution in [0.5, 0.6) is 0 Å². The normalized spacial score (nSPS) is 10.7. The van der Waals surface area contributed by atoms with Crippen LogP contribution in [0.1, 0.15) is 56.7 Å². The Balaban J connectivity index is 1.90. The number of unbranched alkanes of at least 4 members (excludes halogenated alkanes) is 5. The van der Waals surface area contributed by atoms with Crippen molar-refractivity contribution in [2.75, 3.05) is 11.9 Å². The van der Waals surface area contributed by atoms with Crippen LogP contribution in [0.3, 0.4) is 0 Å². The van der Waals surface area contributed by atoms with Gasteiger partial charge in [-0.2, -0.15) is 0 Å². The van der Waals surface area contributed by atoms with Gasteiger partial charge in [0.15, 0.2) is 5.82 Å². The van der Waals surface area contributed by atoms with Crippen LogP contribution in [0.15, 0.2) is 30.3 Å². The lowest BCUT2D eigenvalue weighted by Gasteiger charge is -2.09. The molecule has 0 saturated heterocycles. The number of hydrogen-bond donors (Lipinski definition) is 1. The summed E-state index contributed by atoms with van der Waals surface area (Å²) >= 11 is 0. The van der Waals surface area contributed by atoms with E-state index in [4.69, 9.17) is 0 Å². The van der Waals surface area contributed by atoms with Gasteiger partial charge in [-0.15, -0.1) is 0 Å². The molecule has 0 spiro atoms. The fourth-order valence-corrected chi connectivity index (χ4v) is 2.69. The van der Waals surface area contributed by atoms with E-state index in [1.165, 1.54) is 44.1 Å². The predicted molar refractivity (Wildman–Crippen MR) is 98.8 cm³/mol. The number of aryl methyl sites for hydroxylation is 2. The number of rotatable bonds is 9. The monoisotopic (exact) mass is 311 g/mol. The molecule has 3 nitrogen and oxygen atoms in total. The zero-order chi connectivity index (χ0) is 16.5. The molecule has 0 aliphatic carbocycles. The molecular weight excluding hydrogens is 282 g/mol. The highest BCUT2D eigenvalue weighted by atomic mass is 15.0. The topological polar surface area (TPSA) is 37.8 Å². The molecule has 2 aromatic rings. The van der Waals surface area contributed by atoms with Crippen molar-refractivity contribution in [2.45, 2.75) is 59.3 Å². The molecule has 1 N–H and O–H groups in total. The molecule has 0 amide bonds. The third-order valence-corrected chi connectivity index (χ3v) is 3.97. The molecule has 23 heavy (non-hydrogen) atoms. The summed E-state index contributed by atoms with van der Waals surface area (Å²) in [5.74, 6) is 1.74. The molecule has 1 aromatic heterocycles. The SMILES string of the molecule is CCCCCCCCNc1cc(C)nc(-c2cccc(C)c2)n1. The molecule has 0 atom stereocenters. The van der Waals surface area contributed by atoms with Gasteiger partial charge in [-0.05, 0) is 26.3 Å². The Morgan fingerprint density at radius 1 is 0.913 bits per heavy atom. The molecule has 124 valence electrons. The average molecular weight is 311 g/mol. The molecule has 0 unspecified atom stereocenters. The van der Waals surface area contributed by atoms with E-state index < -0.39 is 0 Å². The van der Waals surface area contributed by atoms with Gasteiger partial charge in [0, 0.05) is 23.9 Å². The van der Waals surface area contributed by atoms with E-state index in [2.05, 4.69) is 53.4 Å². The van der Waals surface area contributed by atoms with E-state index in [-0.39, 0.29) is 0 Å². The van der Waals surface area contributed by atoms with Crippen molar-refractivity contribution in [3.05, 3.63) is 41.6 Å². The van der Waals surface area contributed by atoms with Gasteiger partial charge < -0.3 is 5.32 Å². The largest absolute Gasteiger partial charge is 0.370 e. The molecule has 0 bridgehead atoms. The van der Waals surface area contributed by atoms with Gasteiger partial charge in [0.25, 0.3) is 0 Å². The number of aromatic nitrogens is 2. The molecule has 1 heterocycles. The lowest BCUT2D eigenvalue weighted by Crippen LogP contribution is -2.05. The Kier molecular flexibility index (Phi) is 7.05. The first kappa shape index (κ1) is 17.5. The van der Waals surface area contributed by atoms with Crippen LogP contribution in [0.25, 0.3) is 11.4 Å². The first-order chi connectivity index (χ1) is 11.2. The summed E-state index contributed by atoms with van der Waals surface area (Å²) in [6, 6.07) is 10.4. The Morgan fingerprint density at radius 3 is 2.48 bits per heavy atom. The molecule has 3 heteroatoms. The van der Waals surface area contributed by atoms with Crippen molar-refractivity contribution >= 4 is 5.82 Å². The molecule has 0 aliphatic rings. The van der Waals surface area contributed by atoms with Crippen molar-refractivity contribution in [3.8, 4) is 11.4 Å². The van der Waals surface area contributed by atoms with Crippen LogP contribution in [0.4, 0.5) is 5.82 Å². The summed E-state index contributed by atoms with van der Waals surface area (Å²) in [5.41, 5.74) is 3.31. The lowest BCUT2D eigenvalue weighted by molar-refractivity contribution is 0.617. The summed E-state index contributed by atoms with van der Waals surface area (Å²) < 4.78 is 0. The van der Waals surface area contributed by atoms with Gasteiger partial charge in [0.1, 0.15) is 5.82 Å². The van der Waals surface area contributed by atoms with E-state index in [0.717, 1.165) is 29.4 Å². The molecule has 0 aliphatic heterocycles. The standard InChI is InChI=1S/C20H29N3/c1-4-5-6-7-8-9-13-21-19-15-17(3)22-20(23-19)18-12-10-11-16(2)14-18/h10-12,14-15H,4-9,13H2,1-3H3,(H,21,22,23). The average Bonchev–Trinajstić information content (AvgIpc) is 2.53. The highest BCUT2D eigenvalue weighted by molar-refractivity contribution is 5.58. The first-order valence-electron chi connectivity index (χ1n) is 8.85. The second kappa shape index (κ2) is 9.29. The number of nitrogens with zero attached hydrogens (tertiary/aromatic N) is 2. The smallest absolute Gasteiger partial charge is 0.161 e. The van der Waals surface area contributed by atoms with E-state index in [9.17, 15) is 0 Å². The lowest BCUT2D eigenvalue weighted by atomic mass is 10.1. The number of hydrogen-bond acceptors (Lipinski definition) is 3. The maximum atomic E-state index is 4.67. The molecule has 0 radical (unpaired) electrons. The van der Waals surface area contributed by atoms with Crippen molar-refractivity contribution in [3.63, 3.8) is 0 Å². The molecular formula is C20H29N3. The Morgan fingerprint density at radius 2 is 1.70 bits per heavy atom. The minimum absolute atomic E-state index is 0.805. The van der Waals surface area contributed by atoms with Gasteiger partial charge in [0.05, 0.1) is 0 Å². The Labute approximate surface area is 140 Å². The van der Waals surface area contributed by atoms with E-state index in [1.54, 1.807) is 0 Å². The van der Waals surface area contributed by atoms with Crippen LogP contribution in [-0.2, 0) is 0 Å². The van der Waals surface area contributed by atoms with Crippen LogP contribution in [0, 0.1) is 13.8 Å². The molecule has 0 fully saturated rings. The van der Waals surface area contributed by atoms with Crippen molar-refractivity contribution in [1.29, 1.82) is 0 Å². The zero-order valence-electron chi connectivity index (χ0n) is 14.7. The third kappa shape index (κ3) is 6.01. The first-order valence-corrected chi connectivity index (χ1v) is 8.85. The second-order valence-electron chi connectivity index (χ2n) is 6.28. The Bertz CT molecular complexity index is 608. The maximum Gasteiger partial charge on any atom is 0.161 e. The molecule has 2 rings (SSSR count). The quantitative estimate of drug-likeness (QED) is 0.618. The van der Waals surface area contributed by atoms with Gasteiger partial charge in [-0.3, -0.25) is 0 Å². The summed E-state index contributed by atoms with van der Waals surface area (Å²) in [5, 5.41) is 3.45. The van der Waals surface area contributed by atoms with Crippen LogP contribution in [0.2, 0.25) is 0 Å². The van der Waals surface area contributed by atoms with Crippen molar-refractivity contribution in [1.82, 2.24) is 9.97 Å². The fourth-order valence-electron chi connectivity index (χ4n) is 2.69. The predicted octanol–water partition coefficient (Wildman–Crippen LogP) is 5.53. The minimum atomic E-state index is 0.805. The maximum absolute atomic E-state index is 4.67. The van der Waals surface area contributed by atoms with E-state index in [0.29, 0.717) is 0 Å². The number of nitrogens with one attached hydrogen (secondary N) is 1. The van der Waals surface area contributed by atoms with Gasteiger partial charge in [0.2, 0.25) is 0 Å². The number of benzene rings is 1. The summed E-state index contributed by atoms with van der Waals surface area (Å²) in [6.07, 6.45) is 7.86. The summed E-state index contributed by atoms with van der Waals surface area (Å²) in [4.78, 5) is 9.24. The fraction of sp³-hybridized carbons (Fsp3) is 0.500. The van der Waals surface area contributed by atoms with Gasteiger partial charge >= 0.3 is 0 Å². The van der Waals surface area contributed by atoms with Crippen LogP contribution < -0.4 is 5.32 Å². The minimum Gasteiger partial charge on any atom is -0.370 e. The van der Waals surface area contributed by atoms with E-state index in [1.807, 2.05) is 13.0 Å². The molecule has 1 aromatic carbocycles. The zero-order valence-corrected chi connectivity index (χ0v) is 14.7.